The quantitative estimate of drug-likeness (QED) is 0.669. The Hall–Kier alpha value is -3.20. The molecular weight excluding hydrogens is 418 g/mol. The first kappa shape index (κ1) is 22.5. The Kier molecular flexibility index (Phi) is 7.41. The summed E-state index contributed by atoms with van der Waals surface area (Å²) in [5, 5.41) is 2.85. The number of benzene rings is 2. The molecule has 2 aromatic carbocycles. The molecule has 1 heterocycles. The van der Waals surface area contributed by atoms with Gasteiger partial charge < -0.3 is 19.5 Å². The maximum atomic E-state index is 12.8. The second-order valence-electron chi connectivity index (χ2n) is 6.60. The fraction of sp³-hybridized carbons (Fsp3) is 0.318. The van der Waals surface area contributed by atoms with Crippen molar-refractivity contribution in [3.63, 3.8) is 0 Å². The van der Waals surface area contributed by atoms with Crippen LogP contribution in [0.5, 0.6) is 17.2 Å². The van der Waals surface area contributed by atoms with E-state index < -0.39 is 5.25 Å². The van der Waals surface area contributed by atoms with Gasteiger partial charge in [0.05, 0.1) is 32.7 Å². The summed E-state index contributed by atoms with van der Waals surface area (Å²) < 4.78 is 15.6. The van der Waals surface area contributed by atoms with Gasteiger partial charge in [0, 0.05) is 19.0 Å². The number of methoxy groups -OCH3 is 3. The number of ether oxygens (including phenoxy) is 3. The van der Waals surface area contributed by atoms with Crippen molar-refractivity contribution in [3.05, 3.63) is 42.5 Å². The van der Waals surface area contributed by atoms with Crippen LogP contribution in [0.1, 0.15) is 13.3 Å². The lowest BCUT2D eigenvalue weighted by molar-refractivity contribution is -0.128. The van der Waals surface area contributed by atoms with Gasteiger partial charge in [0.2, 0.25) is 11.8 Å². The van der Waals surface area contributed by atoms with Gasteiger partial charge in [0.15, 0.2) is 5.17 Å². The number of hydrogen-bond donors (Lipinski definition) is 1. The molecule has 0 unspecified atom stereocenters. The Bertz CT molecular complexity index is 978. The van der Waals surface area contributed by atoms with E-state index in [1.54, 1.807) is 37.3 Å². The standard InChI is InChI=1S/C22H25N3O5S/c1-5-25-21(27)19(31-22(25)23-14-6-8-15(28-2)9-7-14)13-20(26)24-17-11-10-16(29-3)12-18(17)30-4/h6-12,19H,5,13H2,1-4H3,(H,24,26)/t19-/m1/s1. The number of aliphatic imine (C=N–C) groups is 1. The minimum Gasteiger partial charge on any atom is -0.497 e. The molecule has 164 valence electrons. The largest absolute Gasteiger partial charge is 0.497 e. The molecule has 1 saturated heterocycles. The summed E-state index contributed by atoms with van der Waals surface area (Å²) in [7, 11) is 4.67. The lowest BCUT2D eigenvalue weighted by atomic mass is 10.2. The molecule has 1 aliphatic heterocycles. The summed E-state index contributed by atoms with van der Waals surface area (Å²) in [6, 6.07) is 12.4. The van der Waals surface area contributed by atoms with Crippen LogP contribution in [-0.2, 0) is 9.59 Å². The van der Waals surface area contributed by atoms with E-state index in [1.807, 2.05) is 31.2 Å². The molecule has 2 amide bonds. The first-order chi connectivity index (χ1) is 15.0. The molecule has 0 spiro atoms. The molecule has 1 aliphatic rings. The van der Waals surface area contributed by atoms with Crippen LogP contribution >= 0.6 is 11.8 Å². The number of hydrogen-bond acceptors (Lipinski definition) is 7. The zero-order valence-corrected chi connectivity index (χ0v) is 18.7. The summed E-state index contributed by atoms with van der Waals surface area (Å²) in [6.07, 6.45) is 0.0246. The highest BCUT2D eigenvalue weighted by Crippen LogP contribution is 2.33. The number of anilines is 1. The first-order valence-electron chi connectivity index (χ1n) is 9.71. The number of rotatable bonds is 8. The average Bonchev–Trinajstić information content (AvgIpc) is 3.08. The third kappa shape index (κ3) is 5.29. The van der Waals surface area contributed by atoms with Crippen LogP contribution in [0.15, 0.2) is 47.5 Å². The molecule has 9 heteroatoms. The van der Waals surface area contributed by atoms with Crippen LogP contribution < -0.4 is 19.5 Å². The van der Waals surface area contributed by atoms with Crippen LogP contribution in [0, 0.1) is 0 Å². The van der Waals surface area contributed by atoms with Crippen molar-refractivity contribution in [1.82, 2.24) is 4.90 Å². The molecule has 0 radical (unpaired) electrons. The average molecular weight is 444 g/mol. The molecule has 3 rings (SSSR count). The van der Waals surface area contributed by atoms with E-state index in [2.05, 4.69) is 10.3 Å². The van der Waals surface area contributed by atoms with Crippen LogP contribution in [-0.4, -0.2) is 55.0 Å². The number of amides is 2. The smallest absolute Gasteiger partial charge is 0.242 e. The van der Waals surface area contributed by atoms with Gasteiger partial charge in [-0.15, -0.1) is 0 Å². The number of nitrogens with one attached hydrogen (secondary N) is 1. The van der Waals surface area contributed by atoms with Crippen LogP contribution in [0.3, 0.4) is 0 Å². The van der Waals surface area contributed by atoms with Gasteiger partial charge in [-0.05, 0) is 43.3 Å². The van der Waals surface area contributed by atoms with Gasteiger partial charge in [-0.25, -0.2) is 4.99 Å². The fourth-order valence-corrected chi connectivity index (χ4v) is 4.28. The van der Waals surface area contributed by atoms with E-state index in [0.29, 0.717) is 34.6 Å². The molecule has 1 fully saturated rings. The van der Waals surface area contributed by atoms with Crippen molar-refractivity contribution in [1.29, 1.82) is 0 Å². The van der Waals surface area contributed by atoms with Gasteiger partial charge in [0.1, 0.15) is 22.5 Å². The molecule has 31 heavy (non-hydrogen) atoms. The summed E-state index contributed by atoms with van der Waals surface area (Å²) >= 11 is 1.29. The molecule has 1 atom stereocenters. The highest BCUT2D eigenvalue weighted by atomic mass is 32.2. The van der Waals surface area contributed by atoms with Crippen molar-refractivity contribution >= 4 is 40.1 Å². The second-order valence-corrected chi connectivity index (χ2v) is 7.77. The number of amidine groups is 1. The molecule has 1 N–H and O–H groups in total. The molecule has 0 bridgehead atoms. The van der Waals surface area contributed by atoms with Crippen molar-refractivity contribution in [2.75, 3.05) is 33.2 Å². The normalized spacial score (nSPS) is 17.0. The van der Waals surface area contributed by atoms with Gasteiger partial charge in [-0.2, -0.15) is 0 Å². The highest BCUT2D eigenvalue weighted by molar-refractivity contribution is 8.15. The number of carbonyl (C=O) groups excluding carboxylic acids is 2. The van der Waals surface area contributed by atoms with Crippen molar-refractivity contribution in [3.8, 4) is 17.2 Å². The number of thioether (sulfide) groups is 1. The lowest BCUT2D eigenvalue weighted by Gasteiger charge is -2.14. The molecule has 8 nitrogen and oxygen atoms in total. The molecule has 2 aromatic rings. The van der Waals surface area contributed by atoms with Gasteiger partial charge >= 0.3 is 0 Å². The molecule has 0 aromatic heterocycles. The van der Waals surface area contributed by atoms with Crippen LogP contribution in [0.2, 0.25) is 0 Å². The van der Waals surface area contributed by atoms with E-state index in [4.69, 9.17) is 14.2 Å². The Morgan fingerprint density at radius 1 is 1.06 bits per heavy atom. The predicted molar refractivity (Wildman–Crippen MR) is 122 cm³/mol. The monoisotopic (exact) mass is 443 g/mol. The summed E-state index contributed by atoms with van der Waals surface area (Å²) in [5.41, 5.74) is 1.23. The Balaban J connectivity index is 1.71. The Morgan fingerprint density at radius 2 is 1.74 bits per heavy atom. The molecular formula is C22H25N3O5S. The maximum Gasteiger partial charge on any atom is 0.242 e. The summed E-state index contributed by atoms with van der Waals surface area (Å²) in [4.78, 5) is 31.6. The van der Waals surface area contributed by atoms with Crippen molar-refractivity contribution in [2.45, 2.75) is 18.6 Å². The van der Waals surface area contributed by atoms with Crippen molar-refractivity contribution in [2.24, 2.45) is 4.99 Å². The minimum atomic E-state index is -0.541. The van der Waals surface area contributed by atoms with Crippen molar-refractivity contribution < 1.29 is 23.8 Å². The van der Waals surface area contributed by atoms with Gasteiger partial charge in [-0.1, -0.05) is 11.8 Å². The lowest BCUT2D eigenvalue weighted by Crippen LogP contribution is -2.33. The Morgan fingerprint density at radius 3 is 2.35 bits per heavy atom. The minimum absolute atomic E-state index is 0.0246. The zero-order chi connectivity index (χ0) is 22.4. The van der Waals surface area contributed by atoms with E-state index in [9.17, 15) is 9.59 Å². The molecule has 0 aliphatic carbocycles. The van der Waals surface area contributed by atoms with E-state index in [0.717, 1.165) is 5.75 Å². The zero-order valence-electron chi connectivity index (χ0n) is 17.9. The van der Waals surface area contributed by atoms with E-state index >= 15 is 0 Å². The number of carbonyl (C=O) groups is 2. The second kappa shape index (κ2) is 10.2. The topological polar surface area (TPSA) is 89.5 Å². The predicted octanol–water partition coefficient (Wildman–Crippen LogP) is 3.69. The fourth-order valence-electron chi connectivity index (χ4n) is 3.05. The SMILES string of the molecule is CCN1C(=O)[C@@H](CC(=O)Nc2ccc(OC)cc2OC)SC1=Nc1ccc(OC)cc1. The van der Waals surface area contributed by atoms with Gasteiger partial charge in [-0.3, -0.25) is 14.5 Å². The Labute approximate surface area is 185 Å². The van der Waals surface area contributed by atoms with E-state index in [-0.39, 0.29) is 18.2 Å². The molecule has 0 saturated carbocycles. The van der Waals surface area contributed by atoms with Crippen LogP contribution in [0.4, 0.5) is 11.4 Å². The highest BCUT2D eigenvalue weighted by Gasteiger charge is 2.38. The summed E-state index contributed by atoms with van der Waals surface area (Å²) in [6.45, 7) is 2.36. The maximum absolute atomic E-state index is 12.8. The first-order valence-corrected chi connectivity index (χ1v) is 10.6. The number of nitrogens with zero attached hydrogens (tertiary/aromatic N) is 2. The summed E-state index contributed by atoms with van der Waals surface area (Å²) in [5.74, 6) is 1.42. The van der Waals surface area contributed by atoms with E-state index in [1.165, 1.54) is 18.9 Å². The third-order valence-electron chi connectivity index (χ3n) is 4.69. The van der Waals surface area contributed by atoms with Gasteiger partial charge in [0.25, 0.3) is 0 Å². The van der Waals surface area contributed by atoms with Crippen LogP contribution in [0.25, 0.3) is 0 Å². The third-order valence-corrected chi connectivity index (χ3v) is 5.86.